The highest BCUT2D eigenvalue weighted by Gasteiger charge is 2.11. The number of aryl methyl sites for hydroxylation is 2. The Hall–Kier alpha value is -3.32. The van der Waals surface area contributed by atoms with E-state index in [1.54, 1.807) is 20.2 Å². The van der Waals surface area contributed by atoms with Gasteiger partial charge in [0.15, 0.2) is 0 Å². The lowest BCUT2D eigenvalue weighted by Crippen LogP contribution is -2.31. The number of hydrogen-bond acceptors (Lipinski definition) is 5. The molecule has 0 fully saturated rings. The summed E-state index contributed by atoms with van der Waals surface area (Å²) in [5, 5.41) is 6.02. The zero-order chi connectivity index (χ0) is 21.3. The van der Waals surface area contributed by atoms with E-state index in [1.807, 2.05) is 36.4 Å². The lowest BCUT2D eigenvalue weighted by atomic mass is 10.1. The molecule has 0 aliphatic carbocycles. The van der Waals surface area contributed by atoms with Gasteiger partial charge in [-0.25, -0.2) is 9.78 Å². The van der Waals surface area contributed by atoms with Gasteiger partial charge in [0.2, 0.25) is 0 Å². The van der Waals surface area contributed by atoms with Gasteiger partial charge in [0.1, 0.15) is 5.75 Å². The van der Waals surface area contributed by atoms with Crippen molar-refractivity contribution in [3.05, 3.63) is 74.0 Å². The number of aromatic amines is 1. The van der Waals surface area contributed by atoms with Crippen molar-refractivity contribution < 1.29 is 4.74 Å². The van der Waals surface area contributed by atoms with Crippen LogP contribution in [0, 0.1) is 6.92 Å². The molecular formula is C22H21ClN4O3. The molecule has 0 aliphatic rings. The quantitative estimate of drug-likeness (QED) is 0.364. The maximum Gasteiger partial charge on any atom is 0.328 e. The molecule has 8 heteroatoms. The molecule has 0 atom stereocenters. The highest BCUT2D eigenvalue weighted by Crippen LogP contribution is 2.34. The molecule has 2 aromatic carbocycles. The van der Waals surface area contributed by atoms with Crippen molar-refractivity contribution in [2.75, 3.05) is 19.0 Å². The third-order valence-corrected chi connectivity index (χ3v) is 5.24. The van der Waals surface area contributed by atoms with Crippen LogP contribution >= 0.6 is 11.6 Å². The molecule has 0 saturated heterocycles. The molecule has 2 aromatic heterocycles. The van der Waals surface area contributed by atoms with Crippen molar-refractivity contribution in [2.24, 2.45) is 0 Å². The molecule has 0 saturated carbocycles. The lowest BCUT2D eigenvalue weighted by Gasteiger charge is -2.14. The van der Waals surface area contributed by atoms with E-state index in [0.29, 0.717) is 30.1 Å². The van der Waals surface area contributed by atoms with Crippen LogP contribution in [-0.4, -0.2) is 28.2 Å². The normalized spacial score (nSPS) is 11.2. The average molecular weight is 425 g/mol. The van der Waals surface area contributed by atoms with E-state index in [2.05, 4.69) is 10.3 Å². The van der Waals surface area contributed by atoms with Crippen LogP contribution in [0.5, 0.6) is 5.75 Å². The number of halogens is 1. The van der Waals surface area contributed by atoms with Crippen molar-refractivity contribution in [3.63, 3.8) is 0 Å². The average Bonchev–Trinajstić information content (AvgIpc) is 2.73. The zero-order valence-electron chi connectivity index (χ0n) is 16.7. The molecular weight excluding hydrogens is 404 g/mol. The Bertz CT molecular complexity index is 1360. The van der Waals surface area contributed by atoms with E-state index in [4.69, 9.17) is 21.3 Å². The van der Waals surface area contributed by atoms with Gasteiger partial charge in [-0.1, -0.05) is 11.6 Å². The van der Waals surface area contributed by atoms with Gasteiger partial charge >= 0.3 is 5.69 Å². The Morgan fingerprint density at radius 3 is 2.77 bits per heavy atom. The summed E-state index contributed by atoms with van der Waals surface area (Å²) in [6.45, 7) is 2.79. The first-order valence-electron chi connectivity index (χ1n) is 9.57. The van der Waals surface area contributed by atoms with Crippen LogP contribution in [0.4, 0.5) is 5.69 Å². The zero-order valence-corrected chi connectivity index (χ0v) is 17.4. The van der Waals surface area contributed by atoms with E-state index in [0.717, 1.165) is 33.2 Å². The van der Waals surface area contributed by atoms with Gasteiger partial charge in [0.25, 0.3) is 5.56 Å². The molecule has 7 nitrogen and oxygen atoms in total. The Morgan fingerprint density at radius 1 is 1.13 bits per heavy atom. The van der Waals surface area contributed by atoms with Crippen molar-refractivity contribution in [2.45, 2.75) is 19.9 Å². The summed E-state index contributed by atoms with van der Waals surface area (Å²) >= 11 is 6.17. The fourth-order valence-electron chi connectivity index (χ4n) is 3.46. The summed E-state index contributed by atoms with van der Waals surface area (Å²) in [6.07, 6.45) is 2.28. The molecule has 0 bridgehead atoms. The minimum Gasteiger partial charge on any atom is -0.497 e. The van der Waals surface area contributed by atoms with Crippen LogP contribution in [-0.2, 0) is 6.54 Å². The summed E-state index contributed by atoms with van der Waals surface area (Å²) in [5.41, 5.74) is 2.34. The Labute approximate surface area is 177 Å². The van der Waals surface area contributed by atoms with E-state index < -0.39 is 5.69 Å². The number of aromatic nitrogens is 3. The number of hydrogen-bond donors (Lipinski definition) is 2. The number of pyridine rings is 1. The summed E-state index contributed by atoms with van der Waals surface area (Å²) in [5.74, 6) is 0.746. The largest absolute Gasteiger partial charge is 0.497 e. The van der Waals surface area contributed by atoms with Crippen molar-refractivity contribution in [1.82, 2.24) is 14.5 Å². The van der Waals surface area contributed by atoms with Gasteiger partial charge in [0.05, 0.1) is 23.8 Å². The van der Waals surface area contributed by atoms with E-state index in [-0.39, 0.29) is 5.56 Å². The third-order valence-electron chi connectivity index (χ3n) is 5.01. The first kappa shape index (κ1) is 20.0. The maximum absolute atomic E-state index is 12.0. The number of rotatable bonds is 6. The fourth-order valence-corrected chi connectivity index (χ4v) is 3.63. The first-order valence-corrected chi connectivity index (χ1v) is 9.95. The number of benzene rings is 2. The maximum atomic E-state index is 12.0. The Kier molecular flexibility index (Phi) is 5.46. The smallest absolute Gasteiger partial charge is 0.328 e. The number of nitrogens with zero attached hydrogens (tertiary/aromatic N) is 2. The molecule has 154 valence electrons. The molecule has 0 amide bonds. The second kappa shape index (κ2) is 8.20. The molecule has 0 spiro atoms. The Balaban J connectivity index is 1.64. The topological polar surface area (TPSA) is 89.0 Å². The molecule has 2 heterocycles. The lowest BCUT2D eigenvalue weighted by molar-refractivity contribution is 0.415. The van der Waals surface area contributed by atoms with E-state index in [9.17, 15) is 9.59 Å². The number of nitrogens with one attached hydrogen (secondary N) is 2. The fraction of sp³-hybridized carbons (Fsp3) is 0.227. The van der Waals surface area contributed by atoms with Gasteiger partial charge in [-0.3, -0.25) is 9.78 Å². The Morgan fingerprint density at radius 2 is 1.97 bits per heavy atom. The van der Waals surface area contributed by atoms with Gasteiger partial charge in [-0.2, -0.15) is 0 Å². The summed E-state index contributed by atoms with van der Waals surface area (Å²) in [7, 11) is 1.63. The SMILES string of the molecule is COc1ccc2nc3cc(Cl)ccc3c(NCCCn3cc(C)c(=O)[nH]c3=O)c2c1. The first-order chi connectivity index (χ1) is 14.5. The predicted molar refractivity (Wildman–Crippen MR) is 120 cm³/mol. The number of ether oxygens (including phenoxy) is 1. The third kappa shape index (κ3) is 3.89. The van der Waals surface area contributed by atoms with Gasteiger partial charge in [0, 0.05) is 40.6 Å². The van der Waals surface area contributed by atoms with Crippen molar-refractivity contribution in [1.29, 1.82) is 0 Å². The van der Waals surface area contributed by atoms with Crippen LogP contribution in [0.2, 0.25) is 5.02 Å². The summed E-state index contributed by atoms with van der Waals surface area (Å²) in [4.78, 5) is 30.5. The van der Waals surface area contributed by atoms with Crippen molar-refractivity contribution in [3.8, 4) is 5.75 Å². The van der Waals surface area contributed by atoms with Crippen LogP contribution in [0.3, 0.4) is 0 Å². The number of methoxy groups -OCH3 is 1. The van der Waals surface area contributed by atoms with Crippen LogP contribution in [0.1, 0.15) is 12.0 Å². The minimum absolute atomic E-state index is 0.350. The summed E-state index contributed by atoms with van der Waals surface area (Å²) in [6, 6.07) is 11.4. The van der Waals surface area contributed by atoms with Gasteiger partial charge < -0.3 is 14.6 Å². The number of anilines is 1. The van der Waals surface area contributed by atoms with E-state index >= 15 is 0 Å². The molecule has 4 rings (SSSR count). The summed E-state index contributed by atoms with van der Waals surface area (Å²) < 4.78 is 6.90. The molecule has 0 unspecified atom stereocenters. The van der Waals surface area contributed by atoms with Crippen molar-refractivity contribution >= 4 is 39.1 Å². The molecule has 0 aliphatic heterocycles. The molecule has 4 aromatic rings. The molecule has 2 N–H and O–H groups in total. The molecule has 30 heavy (non-hydrogen) atoms. The predicted octanol–water partition coefficient (Wildman–Crippen LogP) is 3.71. The molecule has 0 radical (unpaired) electrons. The monoisotopic (exact) mass is 424 g/mol. The highest BCUT2D eigenvalue weighted by atomic mass is 35.5. The van der Waals surface area contributed by atoms with Gasteiger partial charge in [-0.05, 0) is 49.7 Å². The van der Waals surface area contributed by atoms with Gasteiger partial charge in [-0.15, -0.1) is 0 Å². The second-order valence-corrected chi connectivity index (χ2v) is 7.51. The van der Waals surface area contributed by atoms with Crippen LogP contribution in [0.25, 0.3) is 21.8 Å². The standard InChI is InChI=1S/C22H21ClN4O3/c1-13-12-27(22(29)26-21(13)28)9-3-8-24-20-16-6-4-14(23)10-19(16)25-18-7-5-15(30-2)11-17(18)20/h4-7,10-12H,3,8-9H2,1-2H3,(H,24,25)(H,26,28,29). The minimum atomic E-state index is -0.398. The number of H-pyrrole nitrogens is 1. The highest BCUT2D eigenvalue weighted by molar-refractivity contribution is 6.31. The second-order valence-electron chi connectivity index (χ2n) is 7.08. The van der Waals surface area contributed by atoms with Crippen LogP contribution < -0.4 is 21.3 Å². The van der Waals surface area contributed by atoms with E-state index in [1.165, 1.54) is 4.57 Å². The van der Waals surface area contributed by atoms with Crippen LogP contribution in [0.15, 0.2) is 52.2 Å². The number of fused-ring (bicyclic) bond motifs is 2.